The summed E-state index contributed by atoms with van der Waals surface area (Å²) in [5.74, 6) is 0.978. The number of sulfonamides is 1. The van der Waals surface area contributed by atoms with E-state index in [0.717, 1.165) is 18.2 Å². The van der Waals surface area contributed by atoms with Crippen molar-refractivity contribution in [3.63, 3.8) is 0 Å². The van der Waals surface area contributed by atoms with Gasteiger partial charge in [-0.3, -0.25) is 4.79 Å². The van der Waals surface area contributed by atoms with Gasteiger partial charge in [0.2, 0.25) is 10.0 Å². The van der Waals surface area contributed by atoms with E-state index >= 15 is 0 Å². The number of carbonyl (C=O) groups is 1. The second-order valence-corrected chi connectivity index (χ2v) is 9.52. The highest BCUT2D eigenvalue weighted by Gasteiger charge is 2.27. The molecule has 164 valence electrons. The molecule has 4 rings (SSSR count). The summed E-state index contributed by atoms with van der Waals surface area (Å²) in [4.78, 5) is 12.9. The number of fused-ring (bicyclic) bond motifs is 1. The van der Waals surface area contributed by atoms with Crippen LogP contribution in [-0.2, 0) is 10.0 Å². The van der Waals surface area contributed by atoms with Crippen molar-refractivity contribution in [3.8, 4) is 5.75 Å². The number of amides is 1. The molecule has 1 aromatic heterocycles. The van der Waals surface area contributed by atoms with Crippen LogP contribution in [-0.4, -0.2) is 38.3 Å². The van der Waals surface area contributed by atoms with Crippen LogP contribution in [0.25, 0.3) is 11.0 Å². The minimum absolute atomic E-state index is 0.208. The Morgan fingerprint density at radius 2 is 1.87 bits per heavy atom. The lowest BCUT2D eigenvalue weighted by Crippen LogP contribution is -2.28. The molecule has 2 aromatic carbocycles. The minimum Gasteiger partial charge on any atom is -0.490 e. The fourth-order valence-electron chi connectivity index (χ4n) is 3.75. The van der Waals surface area contributed by atoms with E-state index < -0.39 is 10.0 Å². The van der Waals surface area contributed by atoms with Crippen molar-refractivity contribution in [2.75, 3.05) is 19.7 Å². The van der Waals surface area contributed by atoms with E-state index in [2.05, 4.69) is 5.32 Å². The normalized spacial score (nSPS) is 15.8. The average molecular weight is 443 g/mol. The van der Waals surface area contributed by atoms with Gasteiger partial charge in [0, 0.05) is 24.0 Å². The summed E-state index contributed by atoms with van der Waals surface area (Å²) in [7, 11) is -3.50. The van der Waals surface area contributed by atoms with Gasteiger partial charge < -0.3 is 14.5 Å². The number of nitrogens with one attached hydrogen (secondary N) is 1. The molecule has 0 unspecified atom stereocenters. The number of rotatable bonds is 7. The van der Waals surface area contributed by atoms with Gasteiger partial charge in [0.1, 0.15) is 5.76 Å². The van der Waals surface area contributed by atoms with Crippen LogP contribution < -0.4 is 10.1 Å². The molecule has 3 aromatic rings. The number of benzene rings is 2. The molecule has 2 heterocycles. The Kier molecular flexibility index (Phi) is 6.02. The summed E-state index contributed by atoms with van der Waals surface area (Å²) in [6.07, 6.45) is 1.76. The van der Waals surface area contributed by atoms with Gasteiger partial charge in [-0.2, -0.15) is 4.31 Å². The van der Waals surface area contributed by atoms with Crippen LogP contribution in [0.5, 0.6) is 5.75 Å². The van der Waals surface area contributed by atoms with Crippen molar-refractivity contribution < 1.29 is 22.4 Å². The smallest absolute Gasteiger partial charge is 0.251 e. The zero-order valence-corrected chi connectivity index (χ0v) is 18.4. The van der Waals surface area contributed by atoms with Crippen molar-refractivity contribution >= 4 is 26.9 Å². The van der Waals surface area contributed by atoms with Crippen molar-refractivity contribution in [2.45, 2.75) is 37.6 Å². The van der Waals surface area contributed by atoms with E-state index in [-0.39, 0.29) is 16.8 Å². The fraction of sp³-hybridized carbons (Fsp3) is 0.348. The van der Waals surface area contributed by atoms with E-state index in [9.17, 15) is 13.2 Å². The van der Waals surface area contributed by atoms with Crippen LogP contribution in [0, 0.1) is 0 Å². The number of furan rings is 1. The lowest BCUT2D eigenvalue weighted by atomic mass is 10.1. The number of hydrogen-bond acceptors (Lipinski definition) is 5. The van der Waals surface area contributed by atoms with Gasteiger partial charge in [-0.25, -0.2) is 8.42 Å². The third kappa shape index (κ3) is 4.31. The minimum atomic E-state index is -3.50. The van der Waals surface area contributed by atoms with E-state index in [1.165, 1.54) is 28.6 Å². The zero-order valence-electron chi connectivity index (χ0n) is 17.6. The van der Waals surface area contributed by atoms with Gasteiger partial charge in [0.05, 0.1) is 17.5 Å². The maximum Gasteiger partial charge on any atom is 0.251 e. The SMILES string of the molecule is CCOc1cccc2cc([C@@H](C)NC(=O)c3ccc(S(=O)(=O)N4CCCC4)cc3)oc12. The Labute approximate surface area is 182 Å². The van der Waals surface area contributed by atoms with Crippen molar-refractivity contribution in [2.24, 2.45) is 0 Å². The summed E-state index contributed by atoms with van der Waals surface area (Å²) >= 11 is 0. The van der Waals surface area contributed by atoms with Crippen molar-refractivity contribution in [1.29, 1.82) is 0 Å². The molecule has 0 saturated carbocycles. The average Bonchev–Trinajstić information content (AvgIpc) is 3.45. The Bertz CT molecular complexity index is 1180. The molecule has 1 aliphatic rings. The maximum absolute atomic E-state index is 12.7. The highest BCUT2D eigenvalue weighted by molar-refractivity contribution is 7.89. The number of ether oxygens (including phenoxy) is 1. The molecule has 31 heavy (non-hydrogen) atoms. The maximum atomic E-state index is 12.7. The Balaban J connectivity index is 1.48. The lowest BCUT2D eigenvalue weighted by Gasteiger charge is -2.16. The molecule has 0 spiro atoms. The van der Waals surface area contributed by atoms with Gasteiger partial charge in [-0.15, -0.1) is 0 Å². The molecule has 0 radical (unpaired) electrons. The monoisotopic (exact) mass is 442 g/mol. The van der Waals surface area contributed by atoms with Gasteiger partial charge >= 0.3 is 0 Å². The number of carbonyl (C=O) groups excluding carboxylic acids is 1. The Morgan fingerprint density at radius 1 is 1.16 bits per heavy atom. The molecule has 8 heteroatoms. The van der Waals surface area contributed by atoms with Gasteiger partial charge in [0.15, 0.2) is 11.3 Å². The topological polar surface area (TPSA) is 88.8 Å². The first-order chi connectivity index (χ1) is 14.9. The predicted octanol–water partition coefficient (Wildman–Crippen LogP) is 4.11. The second-order valence-electron chi connectivity index (χ2n) is 7.59. The Morgan fingerprint density at radius 3 is 2.55 bits per heavy atom. The molecule has 1 fully saturated rings. The van der Waals surface area contributed by atoms with Crippen LogP contribution in [0.15, 0.2) is 57.8 Å². The summed E-state index contributed by atoms with van der Waals surface area (Å²) in [6.45, 7) is 5.37. The molecule has 1 amide bonds. The number of nitrogens with zero attached hydrogens (tertiary/aromatic N) is 1. The summed E-state index contributed by atoms with van der Waals surface area (Å²) in [6, 6.07) is 13.2. The van der Waals surface area contributed by atoms with Gasteiger partial charge in [-0.05, 0) is 63.1 Å². The third-order valence-corrected chi connectivity index (χ3v) is 7.33. The van der Waals surface area contributed by atoms with E-state index in [0.29, 0.717) is 42.4 Å². The highest BCUT2D eigenvalue weighted by Crippen LogP contribution is 2.31. The zero-order chi connectivity index (χ0) is 22.0. The number of para-hydroxylation sites is 1. The van der Waals surface area contributed by atoms with Crippen molar-refractivity contribution in [1.82, 2.24) is 9.62 Å². The van der Waals surface area contributed by atoms with E-state index in [4.69, 9.17) is 9.15 Å². The Hall–Kier alpha value is -2.84. The molecule has 1 atom stereocenters. The molecule has 7 nitrogen and oxygen atoms in total. The van der Waals surface area contributed by atoms with Crippen LogP contribution >= 0.6 is 0 Å². The lowest BCUT2D eigenvalue weighted by molar-refractivity contribution is 0.0935. The first kappa shape index (κ1) is 21.4. The first-order valence-electron chi connectivity index (χ1n) is 10.5. The van der Waals surface area contributed by atoms with Crippen LogP contribution in [0.1, 0.15) is 48.8 Å². The molecule has 0 bridgehead atoms. The highest BCUT2D eigenvalue weighted by atomic mass is 32.2. The molecule has 0 aliphatic carbocycles. The number of hydrogen-bond donors (Lipinski definition) is 1. The van der Waals surface area contributed by atoms with E-state index in [1.54, 1.807) is 0 Å². The van der Waals surface area contributed by atoms with Gasteiger partial charge in [0.25, 0.3) is 5.91 Å². The van der Waals surface area contributed by atoms with Crippen LogP contribution in [0.3, 0.4) is 0 Å². The predicted molar refractivity (Wildman–Crippen MR) is 118 cm³/mol. The second kappa shape index (κ2) is 8.72. The third-order valence-electron chi connectivity index (χ3n) is 5.42. The fourth-order valence-corrected chi connectivity index (χ4v) is 5.26. The molecule has 1 N–H and O–H groups in total. The summed E-state index contributed by atoms with van der Waals surface area (Å²) < 4.78 is 38.3. The van der Waals surface area contributed by atoms with E-state index in [1.807, 2.05) is 38.1 Å². The first-order valence-corrected chi connectivity index (χ1v) is 11.9. The summed E-state index contributed by atoms with van der Waals surface area (Å²) in [5, 5.41) is 3.81. The molecule has 1 saturated heterocycles. The van der Waals surface area contributed by atoms with Crippen LogP contribution in [0.2, 0.25) is 0 Å². The summed E-state index contributed by atoms with van der Waals surface area (Å²) in [5.41, 5.74) is 1.04. The molecular weight excluding hydrogens is 416 g/mol. The van der Waals surface area contributed by atoms with Crippen LogP contribution in [0.4, 0.5) is 0 Å². The standard InChI is InChI=1S/C23H26N2O5S/c1-3-29-20-8-6-7-18-15-21(30-22(18)20)16(2)24-23(26)17-9-11-19(12-10-17)31(27,28)25-13-4-5-14-25/h6-12,15-16H,3-5,13-14H2,1-2H3,(H,24,26)/t16-/m1/s1. The quantitative estimate of drug-likeness (QED) is 0.595. The van der Waals surface area contributed by atoms with Gasteiger partial charge in [-0.1, -0.05) is 12.1 Å². The van der Waals surface area contributed by atoms with Crippen molar-refractivity contribution in [3.05, 3.63) is 59.9 Å². The molecular formula is C23H26N2O5S. The largest absolute Gasteiger partial charge is 0.490 e. The molecule has 1 aliphatic heterocycles.